The molecule has 30 heavy (non-hydrogen) atoms. The predicted octanol–water partition coefficient (Wildman–Crippen LogP) is 6.25. The lowest BCUT2D eigenvalue weighted by Crippen LogP contribution is -2.23. The first kappa shape index (κ1) is 20.3. The highest BCUT2D eigenvalue weighted by Crippen LogP contribution is 2.33. The Bertz CT molecular complexity index is 1120. The molecule has 0 bridgehead atoms. The van der Waals surface area contributed by atoms with Crippen LogP contribution in [0.4, 0.5) is 5.69 Å². The maximum Gasteiger partial charge on any atom is 0.266 e. The first-order valence-corrected chi connectivity index (χ1v) is 10.5. The lowest BCUT2D eigenvalue weighted by Gasteiger charge is -2.07. The number of amides is 1. The molecule has 150 valence electrons. The second-order valence-corrected chi connectivity index (χ2v) is 8.14. The molecule has 0 radical (unpaired) electrons. The fraction of sp³-hybridized carbons (Fsp3) is 0.0833. The maximum atomic E-state index is 12.7. The van der Waals surface area contributed by atoms with Gasteiger partial charge in [0.15, 0.2) is 5.17 Å². The van der Waals surface area contributed by atoms with Gasteiger partial charge in [-0.05, 0) is 70.9 Å². The molecule has 0 unspecified atom stereocenters. The molecule has 1 fully saturated rings. The quantitative estimate of drug-likeness (QED) is 0.456. The molecule has 0 aliphatic carbocycles. The Kier molecular flexibility index (Phi) is 5.93. The summed E-state index contributed by atoms with van der Waals surface area (Å²) in [7, 11) is 3.36. The van der Waals surface area contributed by atoms with Gasteiger partial charge in [-0.2, -0.15) is 0 Å². The molecule has 4 rings (SSSR count). The van der Waals surface area contributed by atoms with Crippen LogP contribution >= 0.6 is 23.4 Å². The average Bonchev–Trinajstić information content (AvgIpc) is 3.03. The Labute approximate surface area is 184 Å². The highest BCUT2D eigenvalue weighted by atomic mass is 35.5. The van der Waals surface area contributed by atoms with Crippen LogP contribution in [0, 0.1) is 0 Å². The number of halogens is 1. The summed E-state index contributed by atoms with van der Waals surface area (Å²) in [6.07, 6.45) is 1.89. The summed E-state index contributed by atoms with van der Waals surface area (Å²) in [5.41, 5.74) is 3.92. The molecule has 1 saturated heterocycles. The lowest BCUT2D eigenvalue weighted by atomic mass is 10.0. The van der Waals surface area contributed by atoms with Crippen LogP contribution in [0.2, 0.25) is 5.02 Å². The maximum absolute atomic E-state index is 12.7. The summed E-state index contributed by atoms with van der Waals surface area (Å²) in [6, 6.07) is 23.2. The van der Waals surface area contributed by atoms with E-state index in [-0.39, 0.29) is 5.91 Å². The Morgan fingerprint density at radius 3 is 2.13 bits per heavy atom. The van der Waals surface area contributed by atoms with Crippen molar-refractivity contribution in [2.24, 2.45) is 4.99 Å². The molecule has 1 heterocycles. The molecule has 0 atom stereocenters. The molecule has 4 nitrogen and oxygen atoms in total. The van der Waals surface area contributed by atoms with E-state index in [1.54, 1.807) is 19.1 Å². The Balaban J connectivity index is 1.54. The average molecular weight is 435 g/mol. The molecule has 1 amide bonds. The number of hydrogen-bond donors (Lipinski definition) is 0. The van der Waals surface area contributed by atoms with Gasteiger partial charge >= 0.3 is 0 Å². The zero-order valence-corrected chi connectivity index (χ0v) is 18.1. The highest BCUT2D eigenvalue weighted by Gasteiger charge is 2.30. The number of likely N-dealkylation sites (N-methyl/N-ethyl adjacent to an activating group) is 1. The number of aliphatic imine (C=N–C) groups is 1. The number of amidine groups is 1. The van der Waals surface area contributed by atoms with Crippen LogP contribution in [-0.4, -0.2) is 30.1 Å². The molecule has 1 aliphatic rings. The van der Waals surface area contributed by atoms with Gasteiger partial charge in [0.05, 0.1) is 17.7 Å². The third kappa shape index (κ3) is 4.42. The largest absolute Gasteiger partial charge is 0.497 e. The van der Waals surface area contributed by atoms with E-state index in [0.717, 1.165) is 28.1 Å². The van der Waals surface area contributed by atoms with Gasteiger partial charge in [-0.15, -0.1) is 0 Å². The monoisotopic (exact) mass is 434 g/mol. The molecule has 0 N–H and O–H groups in total. The number of ether oxygens (including phenoxy) is 1. The Hall–Kier alpha value is -3.02. The summed E-state index contributed by atoms with van der Waals surface area (Å²) in [5, 5.41) is 1.36. The van der Waals surface area contributed by atoms with Crippen molar-refractivity contribution in [2.75, 3.05) is 14.2 Å². The van der Waals surface area contributed by atoms with Crippen molar-refractivity contribution in [2.45, 2.75) is 0 Å². The second kappa shape index (κ2) is 8.78. The predicted molar refractivity (Wildman–Crippen MR) is 125 cm³/mol. The van der Waals surface area contributed by atoms with Crippen LogP contribution in [0.1, 0.15) is 5.56 Å². The SMILES string of the molecule is COc1ccc(N=C2S/C(=C\c3ccc(-c4ccc(Cl)cc4)cc3)C(=O)N2C)cc1. The molecule has 3 aromatic carbocycles. The van der Waals surface area contributed by atoms with Gasteiger partial charge in [0.25, 0.3) is 5.91 Å². The number of rotatable bonds is 4. The zero-order valence-electron chi connectivity index (χ0n) is 16.5. The lowest BCUT2D eigenvalue weighted by molar-refractivity contribution is -0.121. The molecule has 3 aromatic rings. The number of methoxy groups -OCH3 is 1. The number of benzene rings is 3. The summed E-state index contributed by atoms with van der Waals surface area (Å²) in [5.74, 6) is 0.708. The van der Waals surface area contributed by atoms with Crippen LogP contribution in [0.3, 0.4) is 0 Å². The van der Waals surface area contributed by atoms with E-state index in [9.17, 15) is 4.79 Å². The van der Waals surface area contributed by atoms with E-state index in [0.29, 0.717) is 15.1 Å². The summed E-state index contributed by atoms with van der Waals surface area (Å²) < 4.78 is 5.17. The first-order valence-electron chi connectivity index (χ1n) is 9.30. The standard InChI is InChI=1S/C24H19ClN2O2S/c1-27-23(28)22(30-24(27)26-20-11-13-21(29-2)14-12-20)15-16-3-5-17(6-4-16)18-7-9-19(25)10-8-18/h3-15H,1-2H3/b22-15-,26-24?. The molecular formula is C24H19ClN2O2S. The smallest absolute Gasteiger partial charge is 0.266 e. The van der Waals surface area contributed by atoms with Crippen molar-refractivity contribution in [1.29, 1.82) is 0 Å². The molecule has 1 aliphatic heterocycles. The summed E-state index contributed by atoms with van der Waals surface area (Å²) >= 11 is 7.33. The number of carbonyl (C=O) groups is 1. The van der Waals surface area contributed by atoms with Gasteiger partial charge in [-0.3, -0.25) is 9.69 Å². The third-order valence-electron chi connectivity index (χ3n) is 4.69. The first-order chi connectivity index (χ1) is 14.5. The number of carbonyl (C=O) groups excluding carboxylic acids is 1. The normalized spacial score (nSPS) is 16.5. The van der Waals surface area contributed by atoms with Gasteiger partial charge in [-0.1, -0.05) is 48.0 Å². The fourth-order valence-corrected chi connectivity index (χ4v) is 4.10. The van der Waals surface area contributed by atoms with Crippen molar-refractivity contribution < 1.29 is 9.53 Å². The molecule has 6 heteroatoms. The second-order valence-electron chi connectivity index (χ2n) is 6.70. The van der Waals surface area contributed by atoms with E-state index in [1.165, 1.54) is 11.8 Å². The minimum absolute atomic E-state index is 0.0611. The number of hydrogen-bond acceptors (Lipinski definition) is 4. The van der Waals surface area contributed by atoms with Crippen molar-refractivity contribution in [3.63, 3.8) is 0 Å². The minimum Gasteiger partial charge on any atom is -0.497 e. The molecule has 0 saturated carbocycles. The van der Waals surface area contributed by atoms with E-state index < -0.39 is 0 Å². The van der Waals surface area contributed by atoms with Crippen molar-refractivity contribution in [1.82, 2.24) is 4.90 Å². The van der Waals surface area contributed by atoms with Crippen LogP contribution in [-0.2, 0) is 4.79 Å². The highest BCUT2D eigenvalue weighted by molar-refractivity contribution is 8.18. The van der Waals surface area contributed by atoms with Crippen molar-refractivity contribution >= 4 is 46.2 Å². The third-order valence-corrected chi connectivity index (χ3v) is 6.00. The summed E-state index contributed by atoms with van der Waals surface area (Å²) in [6.45, 7) is 0. The van der Waals surface area contributed by atoms with Gasteiger partial charge in [-0.25, -0.2) is 4.99 Å². The van der Waals surface area contributed by atoms with Crippen LogP contribution in [0.5, 0.6) is 5.75 Å². The topological polar surface area (TPSA) is 41.9 Å². The fourth-order valence-electron chi connectivity index (χ4n) is 2.98. The van der Waals surface area contributed by atoms with Crippen LogP contribution in [0.25, 0.3) is 17.2 Å². The molecule has 0 aromatic heterocycles. The molecular weight excluding hydrogens is 416 g/mol. The van der Waals surface area contributed by atoms with Crippen LogP contribution in [0.15, 0.2) is 82.7 Å². The van der Waals surface area contributed by atoms with E-state index in [1.807, 2.05) is 78.9 Å². The van der Waals surface area contributed by atoms with E-state index in [2.05, 4.69) is 4.99 Å². The van der Waals surface area contributed by atoms with E-state index >= 15 is 0 Å². The van der Waals surface area contributed by atoms with Crippen molar-refractivity contribution in [3.8, 4) is 16.9 Å². The summed E-state index contributed by atoms with van der Waals surface area (Å²) in [4.78, 5) is 19.5. The minimum atomic E-state index is -0.0611. The Morgan fingerprint density at radius 2 is 1.53 bits per heavy atom. The molecule has 0 spiro atoms. The van der Waals surface area contributed by atoms with Gasteiger partial charge < -0.3 is 4.74 Å². The van der Waals surface area contributed by atoms with Crippen LogP contribution < -0.4 is 4.74 Å². The number of nitrogens with zero attached hydrogens (tertiary/aromatic N) is 2. The van der Waals surface area contributed by atoms with Gasteiger partial charge in [0.2, 0.25) is 0 Å². The van der Waals surface area contributed by atoms with E-state index in [4.69, 9.17) is 16.3 Å². The van der Waals surface area contributed by atoms with Gasteiger partial charge in [0.1, 0.15) is 5.75 Å². The van der Waals surface area contributed by atoms with Gasteiger partial charge in [0, 0.05) is 12.1 Å². The number of thioether (sulfide) groups is 1. The van der Waals surface area contributed by atoms with Crippen molar-refractivity contribution in [3.05, 3.63) is 88.3 Å². The zero-order chi connectivity index (χ0) is 21.1. The Morgan fingerprint density at radius 1 is 0.933 bits per heavy atom.